The van der Waals surface area contributed by atoms with Crippen molar-refractivity contribution in [3.63, 3.8) is 0 Å². The van der Waals surface area contributed by atoms with Crippen molar-refractivity contribution in [1.82, 2.24) is 5.16 Å². The number of nitrogens with zero attached hydrogens (tertiary/aromatic N) is 1. The summed E-state index contributed by atoms with van der Waals surface area (Å²) in [5.74, 6) is 0.128. The van der Waals surface area contributed by atoms with Crippen LogP contribution in [0.2, 0.25) is 0 Å². The number of esters is 2. The lowest BCUT2D eigenvalue weighted by atomic mass is 10.1. The predicted octanol–water partition coefficient (Wildman–Crippen LogP) is 5.11. The number of ether oxygens (including phenoxy) is 3. The van der Waals surface area contributed by atoms with E-state index in [1.165, 1.54) is 0 Å². The second-order valence-corrected chi connectivity index (χ2v) is 7.08. The molecular weight excluding hydrogens is 410 g/mol. The summed E-state index contributed by atoms with van der Waals surface area (Å²) in [6.07, 6.45) is 0. The van der Waals surface area contributed by atoms with E-state index in [9.17, 15) is 9.59 Å². The zero-order valence-electron chi connectivity index (χ0n) is 17.7. The molecule has 0 radical (unpaired) electrons. The van der Waals surface area contributed by atoms with Gasteiger partial charge in [0.2, 0.25) is 0 Å². The van der Waals surface area contributed by atoms with Gasteiger partial charge in [0.25, 0.3) is 0 Å². The minimum Gasteiger partial charge on any atom is -0.487 e. The lowest BCUT2D eigenvalue weighted by molar-refractivity contribution is 0.0526. The number of hydrogen-bond donors (Lipinski definition) is 0. The molecule has 0 fully saturated rings. The fourth-order valence-electron chi connectivity index (χ4n) is 3.13. The maximum absolute atomic E-state index is 12.4. The highest BCUT2D eigenvalue weighted by molar-refractivity contribution is 5.92. The average Bonchev–Trinajstić information content (AvgIpc) is 3.20. The van der Waals surface area contributed by atoms with E-state index in [0.717, 1.165) is 10.9 Å². The van der Waals surface area contributed by atoms with Gasteiger partial charge in [-0.2, -0.15) is 0 Å². The molecule has 0 amide bonds. The smallest absolute Gasteiger partial charge is 0.343 e. The van der Waals surface area contributed by atoms with Crippen LogP contribution >= 0.6 is 0 Å². The molecule has 0 aliphatic rings. The van der Waals surface area contributed by atoms with E-state index in [0.29, 0.717) is 40.5 Å². The number of benzene rings is 3. The molecular formula is C25H21NO6. The molecule has 0 spiro atoms. The van der Waals surface area contributed by atoms with Gasteiger partial charge in [0.1, 0.15) is 23.8 Å². The Bertz CT molecular complexity index is 1260. The van der Waals surface area contributed by atoms with E-state index in [4.69, 9.17) is 18.7 Å². The molecule has 0 aliphatic heterocycles. The fourth-order valence-corrected chi connectivity index (χ4v) is 3.13. The Morgan fingerprint density at radius 3 is 2.44 bits per heavy atom. The molecule has 0 atom stereocenters. The van der Waals surface area contributed by atoms with Crippen LogP contribution in [-0.2, 0) is 11.3 Å². The average molecular weight is 431 g/mol. The molecule has 3 aromatic carbocycles. The summed E-state index contributed by atoms with van der Waals surface area (Å²) in [5.41, 5.74) is 3.00. The summed E-state index contributed by atoms with van der Waals surface area (Å²) in [5, 5.41) is 4.81. The standard InChI is InChI=1S/C25H21NO6/c1-3-29-24(27)17-7-9-19(10-8-17)30-15-22-21-12-11-20(14-23(21)32-26-22)31-25(28)18-6-4-5-16(2)13-18/h4-14H,3,15H2,1-2H3. The first kappa shape index (κ1) is 21.1. The number of aromatic nitrogens is 1. The van der Waals surface area contributed by atoms with Gasteiger partial charge < -0.3 is 18.7 Å². The van der Waals surface area contributed by atoms with E-state index >= 15 is 0 Å². The predicted molar refractivity (Wildman–Crippen MR) is 117 cm³/mol. The number of carbonyl (C=O) groups is 2. The van der Waals surface area contributed by atoms with Gasteiger partial charge in [-0.25, -0.2) is 9.59 Å². The minimum absolute atomic E-state index is 0.175. The lowest BCUT2D eigenvalue weighted by Crippen LogP contribution is -2.08. The van der Waals surface area contributed by atoms with Crippen molar-refractivity contribution in [2.45, 2.75) is 20.5 Å². The highest BCUT2D eigenvalue weighted by Crippen LogP contribution is 2.25. The first-order chi connectivity index (χ1) is 15.5. The third-order valence-corrected chi connectivity index (χ3v) is 4.72. The van der Waals surface area contributed by atoms with Crippen LogP contribution in [0.15, 0.2) is 71.3 Å². The van der Waals surface area contributed by atoms with Gasteiger partial charge >= 0.3 is 11.9 Å². The zero-order valence-corrected chi connectivity index (χ0v) is 17.7. The second-order valence-electron chi connectivity index (χ2n) is 7.08. The first-order valence-electron chi connectivity index (χ1n) is 10.1. The van der Waals surface area contributed by atoms with Gasteiger partial charge in [0, 0.05) is 11.5 Å². The number of fused-ring (bicyclic) bond motifs is 1. The first-order valence-corrected chi connectivity index (χ1v) is 10.1. The van der Waals surface area contributed by atoms with Gasteiger partial charge in [0.15, 0.2) is 5.58 Å². The number of rotatable bonds is 7. The topological polar surface area (TPSA) is 87.9 Å². The summed E-state index contributed by atoms with van der Waals surface area (Å²) in [7, 11) is 0. The molecule has 4 rings (SSSR count). The molecule has 32 heavy (non-hydrogen) atoms. The van der Waals surface area contributed by atoms with Crippen LogP contribution in [0.5, 0.6) is 11.5 Å². The molecule has 1 aromatic heterocycles. The molecule has 0 saturated carbocycles. The minimum atomic E-state index is -0.442. The fraction of sp³-hybridized carbons (Fsp3) is 0.160. The molecule has 1 heterocycles. The van der Waals surface area contributed by atoms with Crippen molar-refractivity contribution in [2.75, 3.05) is 6.61 Å². The Morgan fingerprint density at radius 1 is 0.906 bits per heavy atom. The Balaban J connectivity index is 1.42. The summed E-state index contributed by atoms with van der Waals surface area (Å²) in [6.45, 7) is 4.17. The SMILES string of the molecule is CCOC(=O)c1ccc(OCc2noc3cc(OC(=O)c4cccc(C)c4)ccc23)cc1. The molecule has 162 valence electrons. The highest BCUT2D eigenvalue weighted by atomic mass is 16.5. The quantitative estimate of drug-likeness (QED) is 0.297. The van der Waals surface area contributed by atoms with E-state index in [1.807, 2.05) is 19.1 Å². The van der Waals surface area contributed by atoms with Crippen molar-refractivity contribution < 1.29 is 28.3 Å². The highest BCUT2D eigenvalue weighted by Gasteiger charge is 2.14. The van der Waals surface area contributed by atoms with Crippen molar-refractivity contribution in [3.8, 4) is 11.5 Å². The lowest BCUT2D eigenvalue weighted by Gasteiger charge is -2.06. The largest absolute Gasteiger partial charge is 0.487 e. The van der Waals surface area contributed by atoms with Crippen LogP contribution in [0.3, 0.4) is 0 Å². The van der Waals surface area contributed by atoms with Gasteiger partial charge in [-0.1, -0.05) is 22.9 Å². The maximum Gasteiger partial charge on any atom is 0.343 e. The van der Waals surface area contributed by atoms with Crippen LogP contribution in [0, 0.1) is 6.92 Å². The monoisotopic (exact) mass is 431 g/mol. The molecule has 0 N–H and O–H groups in total. The van der Waals surface area contributed by atoms with Crippen LogP contribution in [0.25, 0.3) is 11.0 Å². The Labute approximate surface area is 184 Å². The molecule has 4 aromatic rings. The summed E-state index contributed by atoms with van der Waals surface area (Å²) in [6, 6.07) is 18.9. The molecule has 0 saturated heterocycles. The van der Waals surface area contributed by atoms with E-state index in [-0.39, 0.29) is 12.6 Å². The summed E-state index contributed by atoms with van der Waals surface area (Å²) >= 11 is 0. The second kappa shape index (κ2) is 9.34. The molecule has 0 unspecified atom stereocenters. The van der Waals surface area contributed by atoms with Crippen LogP contribution < -0.4 is 9.47 Å². The Kier molecular flexibility index (Phi) is 6.17. The normalized spacial score (nSPS) is 10.7. The van der Waals surface area contributed by atoms with Crippen molar-refractivity contribution >= 4 is 22.9 Å². The van der Waals surface area contributed by atoms with E-state index < -0.39 is 5.97 Å². The number of hydrogen-bond acceptors (Lipinski definition) is 7. The molecule has 7 heteroatoms. The van der Waals surface area contributed by atoms with E-state index in [1.54, 1.807) is 61.5 Å². The van der Waals surface area contributed by atoms with Crippen molar-refractivity contribution in [2.24, 2.45) is 0 Å². The molecule has 0 bridgehead atoms. The molecule has 0 aliphatic carbocycles. The van der Waals surface area contributed by atoms with Gasteiger partial charge in [-0.05, 0) is 62.4 Å². The Hall–Kier alpha value is -4.13. The third kappa shape index (κ3) is 4.78. The summed E-state index contributed by atoms with van der Waals surface area (Å²) in [4.78, 5) is 24.1. The third-order valence-electron chi connectivity index (χ3n) is 4.72. The van der Waals surface area contributed by atoms with Crippen LogP contribution in [0.1, 0.15) is 38.9 Å². The van der Waals surface area contributed by atoms with Crippen LogP contribution in [-0.4, -0.2) is 23.7 Å². The zero-order chi connectivity index (χ0) is 22.5. The summed E-state index contributed by atoms with van der Waals surface area (Å²) < 4.78 is 21.6. The Morgan fingerprint density at radius 2 is 1.69 bits per heavy atom. The van der Waals surface area contributed by atoms with E-state index in [2.05, 4.69) is 5.16 Å². The van der Waals surface area contributed by atoms with Crippen LogP contribution in [0.4, 0.5) is 0 Å². The van der Waals surface area contributed by atoms with Crippen molar-refractivity contribution in [1.29, 1.82) is 0 Å². The molecule has 7 nitrogen and oxygen atoms in total. The van der Waals surface area contributed by atoms with Gasteiger partial charge in [-0.3, -0.25) is 0 Å². The van der Waals surface area contributed by atoms with Gasteiger partial charge in [0.05, 0.1) is 17.7 Å². The number of carbonyl (C=O) groups excluding carboxylic acids is 2. The maximum atomic E-state index is 12.4. The van der Waals surface area contributed by atoms with Crippen molar-refractivity contribution in [3.05, 3.63) is 89.1 Å². The number of aryl methyl sites for hydroxylation is 1. The van der Waals surface area contributed by atoms with Gasteiger partial charge in [-0.15, -0.1) is 0 Å².